The number of benzene rings is 1. The highest BCUT2D eigenvalue weighted by atomic mass is 79.9. The van der Waals surface area contributed by atoms with Crippen LogP contribution in [0.25, 0.3) is 0 Å². The van der Waals surface area contributed by atoms with Crippen molar-refractivity contribution in [3.05, 3.63) is 28.2 Å². The Morgan fingerprint density at radius 2 is 2.05 bits per heavy atom. The zero-order valence-corrected chi connectivity index (χ0v) is 14.5. The van der Waals surface area contributed by atoms with Crippen LogP contribution < -0.4 is 11.1 Å². The van der Waals surface area contributed by atoms with Crippen LogP contribution in [0.15, 0.2) is 22.7 Å². The first kappa shape index (κ1) is 14.9. The van der Waals surface area contributed by atoms with E-state index in [9.17, 15) is 4.79 Å². The molecule has 3 N–H and O–H groups in total. The van der Waals surface area contributed by atoms with Gasteiger partial charge in [0.25, 0.3) is 5.91 Å². The molecule has 3 nitrogen and oxygen atoms in total. The maximum absolute atomic E-state index is 12.5. The highest BCUT2D eigenvalue weighted by Crippen LogP contribution is 2.65. The minimum atomic E-state index is -0.0161. The van der Waals surface area contributed by atoms with E-state index in [0.717, 1.165) is 16.8 Å². The number of hydrogen-bond acceptors (Lipinski definition) is 2. The van der Waals surface area contributed by atoms with Crippen LogP contribution in [0.5, 0.6) is 0 Å². The third kappa shape index (κ3) is 2.19. The van der Waals surface area contributed by atoms with Crippen LogP contribution in [0, 0.1) is 16.7 Å². The van der Waals surface area contributed by atoms with Gasteiger partial charge >= 0.3 is 0 Å². The van der Waals surface area contributed by atoms with E-state index in [-0.39, 0.29) is 17.4 Å². The number of carbonyl (C=O) groups is 1. The first-order valence-electron chi connectivity index (χ1n) is 7.61. The number of carbonyl (C=O) groups excluding carboxylic acids is 1. The zero-order valence-electron chi connectivity index (χ0n) is 12.9. The lowest BCUT2D eigenvalue weighted by molar-refractivity contribution is 0.0826. The first-order valence-corrected chi connectivity index (χ1v) is 8.40. The van der Waals surface area contributed by atoms with Crippen LogP contribution in [0.2, 0.25) is 0 Å². The summed E-state index contributed by atoms with van der Waals surface area (Å²) in [7, 11) is 0. The number of nitrogens with one attached hydrogen (secondary N) is 1. The van der Waals surface area contributed by atoms with Crippen molar-refractivity contribution in [3.63, 3.8) is 0 Å². The predicted octanol–water partition coefficient (Wildman–Crippen LogP) is 3.98. The highest BCUT2D eigenvalue weighted by molar-refractivity contribution is 9.10. The molecule has 2 fully saturated rings. The number of amides is 1. The third-order valence-corrected chi connectivity index (χ3v) is 6.74. The summed E-state index contributed by atoms with van der Waals surface area (Å²) in [4.78, 5) is 12.5. The predicted molar refractivity (Wildman–Crippen MR) is 89.0 cm³/mol. The summed E-state index contributed by atoms with van der Waals surface area (Å²) in [6, 6.07) is 5.63. The first-order chi connectivity index (χ1) is 9.74. The van der Waals surface area contributed by atoms with Crippen molar-refractivity contribution in [2.45, 2.75) is 46.1 Å². The molecule has 0 aromatic heterocycles. The standard InChI is InChI=1S/C17H23BrN2O/c1-16(2)11-4-5-17(16,3)14(8-11)20-15(21)10-6-12(18)9-13(19)7-10/h6-7,9,11,14H,4-5,8,19H2,1-3H3,(H,20,21). The van der Waals surface area contributed by atoms with E-state index in [1.54, 1.807) is 12.1 Å². The molecule has 1 aromatic rings. The fraction of sp³-hybridized carbons (Fsp3) is 0.588. The van der Waals surface area contributed by atoms with Gasteiger partial charge in [0.05, 0.1) is 0 Å². The van der Waals surface area contributed by atoms with Crippen molar-refractivity contribution in [1.29, 1.82) is 0 Å². The number of rotatable bonds is 2. The number of fused-ring (bicyclic) bond motifs is 2. The van der Waals surface area contributed by atoms with E-state index >= 15 is 0 Å². The van der Waals surface area contributed by atoms with Crippen LogP contribution in [0.1, 0.15) is 50.4 Å². The fourth-order valence-corrected chi connectivity index (χ4v) is 4.92. The molecule has 0 saturated heterocycles. The number of nitrogen functional groups attached to an aromatic ring is 1. The van der Waals surface area contributed by atoms with Crippen molar-refractivity contribution in [1.82, 2.24) is 5.32 Å². The van der Waals surface area contributed by atoms with Crippen LogP contribution in [-0.4, -0.2) is 11.9 Å². The molecule has 2 saturated carbocycles. The van der Waals surface area contributed by atoms with E-state index in [4.69, 9.17) is 5.73 Å². The van der Waals surface area contributed by atoms with Crippen molar-refractivity contribution in [2.24, 2.45) is 16.7 Å². The number of halogens is 1. The summed E-state index contributed by atoms with van der Waals surface area (Å²) in [6.07, 6.45) is 3.59. The van der Waals surface area contributed by atoms with Gasteiger partial charge in [-0.15, -0.1) is 0 Å². The normalized spacial score (nSPS) is 33.1. The molecule has 2 aliphatic carbocycles. The molecule has 114 valence electrons. The largest absolute Gasteiger partial charge is 0.399 e. The molecule has 1 amide bonds. The molecule has 0 aliphatic heterocycles. The Morgan fingerprint density at radius 3 is 2.57 bits per heavy atom. The van der Waals surface area contributed by atoms with Crippen LogP contribution in [0.3, 0.4) is 0 Å². The molecule has 3 unspecified atom stereocenters. The summed E-state index contributed by atoms with van der Waals surface area (Å²) in [5, 5.41) is 3.26. The molecule has 0 spiro atoms. The molecule has 1 aromatic carbocycles. The molecule has 2 aliphatic rings. The number of nitrogens with two attached hydrogens (primary N) is 1. The van der Waals surface area contributed by atoms with Crippen molar-refractivity contribution >= 4 is 27.5 Å². The zero-order chi connectivity index (χ0) is 15.4. The lowest BCUT2D eigenvalue weighted by Crippen LogP contribution is -2.46. The third-order valence-electron chi connectivity index (χ3n) is 6.28. The van der Waals surface area contributed by atoms with Gasteiger partial charge in [-0.1, -0.05) is 36.7 Å². The SMILES string of the molecule is CC1(C)C2CCC1(C)C(NC(=O)c1cc(N)cc(Br)c1)C2. The monoisotopic (exact) mass is 350 g/mol. The quantitative estimate of drug-likeness (QED) is 0.792. The molecule has 3 atom stereocenters. The molecule has 0 heterocycles. The average molecular weight is 351 g/mol. The van der Waals surface area contributed by atoms with Crippen molar-refractivity contribution < 1.29 is 4.79 Å². The summed E-state index contributed by atoms with van der Waals surface area (Å²) in [5.74, 6) is 0.706. The smallest absolute Gasteiger partial charge is 0.251 e. The maximum atomic E-state index is 12.5. The van der Waals surface area contributed by atoms with E-state index < -0.39 is 0 Å². The molecular weight excluding hydrogens is 328 g/mol. The van der Waals surface area contributed by atoms with E-state index in [1.165, 1.54) is 12.8 Å². The molecule has 21 heavy (non-hydrogen) atoms. The van der Waals surface area contributed by atoms with Crippen molar-refractivity contribution in [3.8, 4) is 0 Å². The highest BCUT2D eigenvalue weighted by Gasteiger charge is 2.61. The van der Waals surface area contributed by atoms with Gasteiger partial charge in [-0.2, -0.15) is 0 Å². The Hall–Kier alpha value is -1.03. The van der Waals surface area contributed by atoms with Crippen molar-refractivity contribution in [2.75, 3.05) is 5.73 Å². The van der Waals surface area contributed by atoms with E-state index in [2.05, 4.69) is 42.0 Å². The Balaban J connectivity index is 1.80. The van der Waals surface area contributed by atoms with Gasteiger partial charge in [-0.05, 0) is 54.2 Å². The number of anilines is 1. The lowest BCUT2D eigenvalue weighted by Gasteiger charge is -2.39. The second kappa shape index (κ2) is 4.73. The second-order valence-corrected chi connectivity index (χ2v) is 8.33. The van der Waals surface area contributed by atoms with Gasteiger partial charge in [0, 0.05) is 21.8 Å². The maximum Gasteiger partial charge on any atom is 0.251 e. The number of hydrogen-bond donors (Lipinski definition) is 2. The summed E-state index contributed by atoms with van der Waals surface area (Å²) < 4.78 is 0.840. The van der Waals surface area contributed by atoms with Gasteiger partial charge in [-0.25, -0.2) is 0 Å². The van der Waals surface area contributed by atoms with E-state index in [0.29, 0.717) is 16.7 Å². The lowest BCUT2D eigenvalue weighted by atomic mass is 9.69. The van der Waals surface area contributed by atoms with Crippen LogP contribution >= 0.6 is 15.9 Å². The molecule has 0 radical (unpaired) electrons. The summed E-state index contributed by atoms with van der Waals surface area (Å²) in [5.41, 5.74) is 7.57. The molecule has 3 rings (SSSR count). The van der Waals surface area contributed by atoms with Gasteiger partial charge in [0.2, 0.25) is 0 Å². The fourth-order valence-electron chi connectivity index (χ4n) is 4.41. The van der Waals surface area contributed by atoms with E-state index in [1.807, 2.05) is 6.07 Å². The Bertz CT molecular complexity index is 578. The Kier molecular flexibility index (Phi) is 3.36. The van der Waals surface area contributed by atoms with Gasteiger partial charge in [0.1, 0.15) is 0 Å². The van der Waals surface area contributed by atoms with Gasteiger partial charge in [-0.3, -0.25) is 4.79 Å². The topological polar surface area (TPSA) is 55.1 Å². The molecular formula is C17H23BrN2O. The average Bonchev–Trinajstić information content (AvgIpc) is 2.70. The summed E-state index contributed by atoms with van der Waals surface area (Å²) >= 11 is 3.40. The van der Waals surface area contributed by atoms with Gasteiger partial charge in [0.15, 0.2) is 0 Å². The second-order valence-electron chi connectivity index (χ2n) is 7.41. The minimum Gasteiger partial charge on any atom is -0.399 e. The summed E-state index contributed by atoms with van der Waals surface area (Å²) in [6.45, 7) is 7.04. The van der Waals surface area contributed by atoms with Crippen LogP contribution in [-0.2, 0) is 0 Å². The molecule has 2 bridgehead atoms. The van der Waals surface area contributed by atoms with Crippen LogP contribution in [0.4, 0.5) is 5.69 Å². The molecule has 4 heteroatoms. The Morgan fingerprint density at radius 1 is 1.33 bits per heavy atom. The Labute approximate surface area is 134 Å². The minimum absolute atomic E-state index is 0.0161. The van der Waals surface area contributed by atoms with Gasteiger partial charge < -0.3 is 11.1 Å².